The number of hydrogen-bond acceptors (Lipinski definition) is 4. The van der Waals surface area contributed by atoms with Crippen molar-refractivity contribution in [1.29, 1.82) is 0 Å². The quantitative estimate of drug-likeness (QED) is 0.491. The smallest absolute Gasteiger partial charge is 0.262 e. The van der Waals surface area contributed by atoms with Gasteiger partial charge >= 0.3 is 0 Å². The molecule has 4 rings (SSSR count). The monoisotopic (exact) mass is 407 g/mol. The summed E-state index contributed by atoms with van der Waals surface area (Å²) in [5.41, 5.74) is 2.96. The van der Waals surface area contributed by atoms with Crippen molar-refractivity contribution < 1.29 is 4.79 Å². The number of para-hydroxylation sites is 1. The van der Waals surface area contributed by atoms with E-state index in [1.54, 1.807) is 0 Å². The van der Waals surface area contributed by atoms with Crippen LogP contribution in [0.4, 0.5) is 0 Å². The van der Waals surface area contributed by atoms with Gasteiger partial charge in [0.15, 0.2) is 5.16 Å². The maximum atomic E-state index is 13.1. The Morgan fingerprint density at radius 2 is 1.86 bits per heavy atom. The van der Waals surface area contributed by atoms with Gasteiger partial charge in [-0.05, 0) is 37.5 Å². The maximum absolute atomic E-state index is 13.1. The minimum absolute atomic E-state index is 0.00469. The molecule has 1 heterocycles. The zero-order valence-electron chi connectivity index (χ0n) is 16.6. The number of amides is 1. The van der Waals surface area contributed by atoms with Gasteiger partial charge in [-0.2, -0.15) is 0 Å². The Kier molecular flexibility index (Phi) is 6.00. The van der Waals surface area contributed by atoms with Gasteiger partial charge < -0.3 is 5.32 Å². The minimum Gasteiger partial charge on any atom is -0.351 e. The summed E-state index contributed by atoms with van der Waals surface area (Å²) in [5, 5.41) is 4.24. The molecule has 1 amide bonds. The number of fused-ring (bicyclic) bond motifs is 1. The van der Waals surface area contributed by atoms with E-state index in [-0.39, 0.29) is 23.3 Å². The lowest BCUT2D eigenvalue weighted by molar-refractivity contribution is -0.118. The molecule has 0 aliphatic heterocycles. The lowest BCUT2D eigenvalue weighted by atomic mass is 10.1. The van der Waals surface area contributed by atoms with Crippen LogP contribution >= 0.6 is 11.8 Å². The van der Waals surface area contributed by atoms with Crippen molar-refractivity contribution in [2.45, 2.75) is 50.4 Å². The van der Waals surface area contributed by atoms with E-state index >= 15 is 0 Å². The van der Waals surface area contributed by atoms with Crippen LogP contribution in [0, 0.1) is 6.92 Å². The first-order valence-electron chi connectivity index (χ1n) is 10.1. The molecule has 1 aliphatic rings. The number of aryl methyl sites for hydroxylation is 1. The van der Waals surface area contributed by atoms with Gasteiger partial charge in [0, 0.05) is 12.6 Å². The number of benzene rings is 2. The molecule has 3 aromatic rings. The Bertz CT molecular complexity index is 1070. The second-order valence-electron chi connectivity index (χ2n) is 7.58. The molecule has 150 valence electrons. The second kappa shape index (κ2) is 8.82. The van der Waals surface area contributed by atoms with Crippen molar-refractivity contribution >= 4 is 28.6 Å². The van der Waals surface area contributed by atoms with Gasteiger partial charge in [-0.3, -0.25) is 14.2 Å². The van der Waals surface area contributed by atoms with Crippen LogP contribution in [0.15, 0.2) is 58.5 Å². The fourth-order valence-electron chi connectivity index (χ4n) is 3.80. The van der Waals surface area contributed by atoms with E-state index < -0.39 is 0 Å². The number of carbonyl (C=O) groups is 1. The van der Waals surface area contributed by atoms with Gasteiger partial charge in [0.2, 0.25) is 5.91 Å². The first-order chi connectivity index (χ1) is 14.1. The molecule has 1 aromatic heterocycles. The van der Waals surface area contributed by atoms with E-state index in [0.29, 0.717) is 22.6 Å². The molecule has 1 aliphatic carbocycles. The van der Waals surface area contributed by atoms with E-state index in [1.807, 2.05) is 60.0 Å². The predicted molar refractivity (Wildman–Crippen MR) is 117 cm³/mol. The van der Waals surface area contributed by atoms with Crippen molar-refractivity contribution in [3.8, 4) is 0 Å². The molecule has 5 nitrogen and oxygen atoms in total. The molecule has 0 atom stereocenters. The molecule has 1 saturated carbocycles. The molecule has 0 spiro atoms. The third kappa shape index (κ3) is 4.53. The lowest BCUT2D eigenvalue weighted by Crippen LogP contribution is -2.28. The Morgan fingerprint density at radius 3 is 2.62 bits per heavy atom. The van der Waals surface area contributed by atoms with Crippen LogP contribution in [-0.2, 0) is 11.3 Å². The van der Waals surface area contributed by atoms with Crippen LogP contribution < -0.4 is 10.9 Å². The van der Waals surface area contributed by atoms with Crippen LogP contribution in [-0.4, -0.2) is 21.2 Å². The Balaban J connectivity index is 1.50. The zero-order valence-corrected chi connectivity index (χ0v) is 17.4. The van der Waals surface area contributed by atoms with Gasteiger partial charge in [0.25, 0.3) is 5.56 Å². The van der Waals surface area contributed by atoms with Crippen LogP contribution in [0.1, 0.15) is 42.9 Å². The molecule has 0 radical (unpaired) electrons. The first-order valence-corrected chi connectivity index (χ1v) is 11.1. The number of nitrogens with zero attached hydrogens (tertiary/aromatic N) is 2. The van der Waals surface area contributed by atoms with Crippen LogP contribution in [0.5, 0.6) is 0 Å². The topological polar surface area (TPSA) is 64.0 Å². The molecule has 2 aromatic carbocycles. The number of thioether (sulfide) groups is 1. The molecule has 6 heteroatoms. The molecule has 0 unspecified atom stereocenters. The van der Waals surface area contributed by atoms with Gasteiger partial charge in [0.05, 0.1) is 16.7 Å². The number of aromatic nitrogens is 2. The number of carbonyl (C=O) groups excluding carboxylic acids is 1. The Labute approximate surface area is 174 Å². The maximum Gasteiger partial charge on any atom is 0.262 e. The summed E-state index contributed by atoms with van der Waals surface area (Å²) in [5.74, 6) is 0.180. The molecule has 1 fully saturated rings. The Morgan fingerprint density at radius 1 is 1.14 bits per heavy atom. The van der Waals surface area contributed by atoms with Gasteiger partial charge in [-0.1, -0.05) is 66.6 Å². The van der Waals surface area contributed by atoms with Crippen LogP contribution in [0.2, 0.25) is 0 Å². The average Bonchev–Trinajstić information content (AvgIpc) is 3.26. The van der Waals surface area contributed by atoms with E-state index in [9.17, 15) is 9.59 Å². The van der Waals surface area contributed by atoms with E-state index in [2.05, 4.69) is 5.32 Å². The lowest BCUT2D eigenvalue weighted by Gasteiger charge is -2.18. The fourth-order valence-corrected chi connectivity index (χ4v) is 4.70. The van der Waals surface area contributed by atoms with E-state index in [0.717, 1.165) is 31.2 Å². The van der Waals surface area contributed by atoms with Crippen LogP contribution in [0.25, 0.3) is 10.9 Å². The number of hydrogen-bond donors (Lipinski definition) is 1. The standard InChI is InChI=1S/C23H25N3O2S/c1-16-10-12-17(13-11-16)14-24-21(27)15-29-23-25-20-9-5-4-8-19(20)22(28)26(23)18-6-2-3-7-18/h4-5,8-13,18H,2-3,6-7,14-15H2,1H3,(H,24,27). The third-order valence-electron chi connectivity index (χ3n) is 5.41. The average molecular weight is 408 g/mol. The number of nitrogens with one attached hydrogen (secondary N) is 1. The summed E-state index contributed by atoms with van der Waals surface area (Å²) in [6.07, 6.45) is 4.25. The normalized spacial score (nSPS) is 14.4. The highest BCUT2D eigenvalue weighted by molar-refractivity contribution is 7.99. The summed E-state index contributed by atoms with van der Waals surface area (Å²) in [4.78, 5) is 30.2. The van der Waals surface area contributed by atoms with E-state index in [4.69, 9.17) is 4.98 Å². The Hall–Kier alpha value is -2.60. The number of rotatable bonds is 6. The van der Waals surface area contributed by atoms with Crippen molar-refractivity contribution in [2.75, 3.05) is 5.75 Å². The fraction of sp³-hybridized carbons (Fsp3) is 0.348. The summed E-state index contributed by atoms with van der Waals surface area (Å²) in [7, 11) is 0. The van der Waals surface area contributed by atoms with Crippen molar-refractivity contribution in [2.24, 2.45) is 0 Å². The molecule has 0 saturated heterocycles. The zero-order chi connectivity index (χ0) is 20.2. The summed E-state index contributed by atoms with van der Waals surface area (Å²) < 4.78 is 1.83. The minimum atomic E-state index is -0.0593. The van der Waals surface area contributed by atoms with Crippen LogP contribution in [0.3, 0.4) is 0 Å². The first kappa shape index (κ1) is 19.7. The molecular formula is C23H25N3O2S. The van der Waals surface area contributed by atoms with Crippen molar-refractivity contribution in [3.05, 3.63) is 70.0 Å². The molecule has 0 bridgehead atoms. The van der Waals surface area contributed by atoms with Crippen molar-refractivity contribution in [3.63, 3.8) is 0 Å². The molecule has 29 heavy (non-hydrogen) atoms. The van der Waals surface area contributed by atoms with Gasteiger partial charge in [0.1, 0.15) is 0 Å². The highest BCUT2D eigenvalue weighted by Crippen LogP contribution is 2.32. The van der Waals surface area contributed by atoms with Gasteiger partial charge in [-0.15, -0.1) is 0 Å². The summed E-state index contributed by atoms with van der Waals surface area (Å²) in [6.45, 7) is 2.54. The predicted octanol–water partition coefficient (Wildman–Crippen LogP) is 4.23. The SMILES string of the molecule is Cc1ccc(CNC(=O)CSc2nc3ccccc3c(=O)n2C2CCCC2)cc1. The largest absolute Gasteiger partial charge is 0.351 e. The highest BCUT2D eigenvalue weighted by atomic mass is 32.2. The summed E-state index contributed by atoms with van der Waals surface area (Å²) >= 11 is 1.35. The van der Waals surface area contributed by atoms with E-state index in [1.165, 1.54) is 17.3 Å². The second-order valence-corrected chi connectivity index (χ2v) is 8.52. The van der Waals surface area contributed by atoms with Crippen molar-refractivity contribution in [1.82, 2.24) is 14.9 Å². The third-order valence-corrected chi connectivity index (χ3v) is 6.36. The summed E-state index contributed by atoms with van der Waals surface area (Å²) in [6, 6.07) is 15.7. The highest BCUT2D eigenvalue weighted by Gasteiger charge is 2.23. The molecule has 1 N–H and O–H groups in total. The molecular weight excluding hydrogens is 382 g/mol. The van der Waals surface area contributed by atoms with Gasteiger partial charge in [-0.25, -0.2) is 4.98 Å².